The first-order valence-electron chi connectivity index (χ1n) is 6.85. The Balaban J connectivity index is -0.000000113. The van der Waals surface area contributed by atoms with Gasteiger partial charge in [0, 0.05) is 17.2 Å². The van der Waals surface area contributed by atoms with E-state index in [1.54, 1.807) is 0 Å². The molecule has 0 bridgehead atoms. The standard InChI is InChI=1S/C7H12O2.C4H6O2.C3H4O2.C2H5.Li/c1-5(6(8)9)7(2,3)4;1-3(2)4(5)6;1-2-3(4)5;1-2;/h1H2,2-4H3,(H,8,9);1H2,2H3,(H,5,6);2H,1H2,(H,4,5);1H2,2H3;. The summed E-state index contributed by atoms with van der Waals surface area (Å²) in [5, 5.41) is 25.2. The Labute approximate surface area is 147 Å². The maximum absolute atomic E-state index is 10.2. The van der Waals surface area contributed by atoms with Crippen LogP contribution in [0, 0.1) is 5.41 Å². The van der Waals surface area contributed by atoms with E-state index >= 15 is 0 Å². The second-order valence-corrected chi connectivity index (χ2v) is 5.37. The molecule has 0 spiro atoms. The molecule has 0 aliphatic rings. The van der Waals surface area contributed by atoms with Gasteiger partial charge in [0.1, 0.15) is 0 Å². The molecule has 23 heavy (non-hydrogen) atoms. The molecule has 0 aliphatic heterocycles. The molecule has 0 aromatic rings. The Hall–Kier alpha value is -1.77. The Bertz CT molecular complexity index is 407. The zero-order valence-corrected chi connectivity index (χ0v) is 15.0. The Morgan fingerprint density at radius 1 is 1.04 bits per heavy atom. The summed E-state index contributed by atoms with van der Waals surface area (Å²) >= 11 is 2.12. The second kappa shape index (κ2) is 16.6. The average molecular weight is 322 g/mol. The number of carboxylic acids is 3. The summed E-state index contributed by atoms with van der Waals surface area (Å²) in [5.74, 6) is -2.83. The van der Waals surface area contributed by atoms with Gasteiger partial charge in [0.05, 0.1) is 0 Å². The first kappa shape index (κ1) is 29.3. The molecule has 0 amide bonds. The van der Waals surface area contributed by atoms with E-state index in [9.17, 15) is 14.4 Å². The molecule has 3 N–H and O–H groups in total. The summed E-state index contributed by atoms with van der Waals surface area (Å²) in [4.78, 5) is 29.1. The average Bonchev–Trinajstić information content (AvgIpc) is 2.38. The number of carbonyl (C=O) groups is 3. The molecule has 6 nitrogen and oxygen atoms in total. The van der Waals surface area contributed by atoms with E-state index in [2.05, 4.69) is 44.4 Å². The predicted octanol–water partition coefficient (Wildman–Crippen LogP) is 3.17. The van der Waals surface area contributed by atoms with Crippen molar-refractivity contribution in [2.75, 3.05) is 0 Å². The summed E-state index contributed by atoms with van der Waals surface area (Å²) in [6.07, 6.45) is 0.833. The molecule has 0 radical (unpaired) electrons. The third-order valence-corrected chi connectivity index (χ3v) is 1.70. The molecule has 0 unspecified atom stereocenters. The maximum atomic E-state index is 10.2. The van der Waals surface area contributed by atoms with Crippen molar-refractivity contribution in [1.29, 1.82) is 0 Å². The van der Waals surface area contributed by atoms with E-state index in [0.717, 1.165) is 6.08 Å². The van der Waals surface area contributed by atoms with Gasteiger partial charge in [0.15, 0.2) is 0 Å². The fourth-order valence-electron chi connectivity index (χ4n) is 0.321. The van der Waals surface area contributed by atoms with Crippen LogP contribution in [0.15, 0.2) is 37.0 Å². The van der Waals surface area contributed by atoms with Gasteiger partial charge < -0.3 is 15.3 Å². The van der Waals surface area contributed by atoms with Crippen molar-refractivity contribution in [2.45, 2.75) is 39.7 Å². The van der Waals surface area contributed by atoms with Crippen molar-refractivity contribution < 1.29 is 29.7 Å². The molecular weight excluding hydrogens is 295 g/mol. The third kappa shape index (κ3) is 33.2. The van der Waals surface area contributed by atoms with Crippen LogP contribution in [0.25, 0.3) is 0 Å². The molecular formula is C16H27LiO6. The normalized spacial score (nSPS) is 8.48. The van der Waals surface area contributed by atoms with Crippen LogP contribution in [0.1, 0.15) is 34.6 Å². The van der Waals surface area contributed by atoms with Crippen LogP contribution in [-0.2, 0) is 14.4 Å². The van der Waals surface area contributed by atoms with Gasteiger partial charge in [-0.2, -0.15) is 0 Å². The molecule has 0 saturated carbocycles. The summed E-state index contributed by atoms with van der Waals surface area (Å²) < 4.78 is 0. The molecule has 0 aliphatic carbocycles. The Kier molecular flexibility index (Phi) is 21.1. The van der Waals surface area contributed by atoms with E-state index < -0.39 is 17.9 Å². The van der Waals surface area contributed by atoms with E-state index in [1.807, 2.05) is 20.8 Å². The first-order chi connectivity index (χ1) is 10.2. The molecule has 128 valence electrons. The van der Waals surface area contributed by atoms with Crippen molar-refractivity contribution in [3.8, 4) is 0 Å². The fourth-order valence-corrected chi connectivity index (χ4v) is 0.321. The molecule has 7 heteroatoms. The van der Waals surface area contributed by atoms with E-state index in [-0.39, 0.29) is 16.6 Å². The number of aliphatic carboxylic acids is 3. The number of hydrogen-bond acceptors (Lipinski definition) is 3. The SMILES string of the molecule is C=C(C(=O)O)C(C)(C)C.C=C(C)C(=O)O.C=CC(=O)O.[Li][CH2]C. The van der Waals surface area contributed by atoms with Crippen LogP contribution in [-0.4, -0.2) is 50.9 Å². The topological polar surface area (TPSA) is 112 Å². The molecule has 0 aromatic carbocycles. The molecule has 0 heterocycles. The quantitative estimate of drug-likeness (QED) is 0.543. The predicted molar refractivity (Wildman–Crippen MR) is 92.7 cm³/mol. The van der Waals surface area contributed by atoms with Gasteiger partial charge in [-0.3, -0.25) is 0 Å². The van der Waals surface area contributed by atoms with Gasteiger partial charge in [-0.25, -0.2) is 14.4 Å². The van der Waals surface area contributed by atoms with Crippen LogP contribution in [0.2, 0.25) is 5.09 Å². The van der Waals surface area contributed by atoms with Crippen LogP contribution in [0.5, 0.6) is 0 Å². The molecule has 0 rings (SSSR count). The molecule has 0 atom stereocenters. The first-order valence-corrected chi connectivity index (χ1v) is 6.85. The number of hydrogen-bond donors (Lipinski definition) is 3. The van der Waals surface area contributed by atoms with E-state index in [1.165, 1.54) is 12.0 Å². The van der Waals surface area contributed by atoms with E-state index in [0.29, 0.717) is 0 Å². The Morgan fingerprint density at radius 2 is 1.26 bits per heavy atom. The molecule has 0 aromatic heterocycles. The second-order valence-electron chi connectivity index (χ2n) is 5.37. The van der Waals surface area contributed by atoms with Crippen LogP contribution < -0.4 is 0 Å². The summed E-state index contributed by atoms with van der Waals surface area (Å²) in [5.41, 5.74) is 0.115. The van der Waals surface area contributed by atoms with Crippen molar-refractivity contribution in [3.05, 3.63) is 37.0 Å². The number of carboxylic acid groups (broad SMARTS) is 3. The van der Waals surface area contributed by atoms with Gasteiger partial charge in [-0.1, -0.05) is 40.5 Å². The van der Waals surface area contributed by atoms with Crippen LogP contribution in [0.3, 0.4) is 0 Å². The minimum atomic E-state index is -0.981. The van der Waals surface area contributed by atoms with Gasteiger partial charge >= 0.3 is 47.6 Å². The van der Waals surface area contributed by atoms with Gasteiger partial charge in [0.25, 0.3) is 0 Å². The summed E-state index contributed by atoms with van der Waals surface area (Å²) in [6, 6.07) is 0. The van der Waals surface area contributed by atoms with Gasteiger partial charge in [0.2, 0.25) is 0 Å². The van der Waals surface area contributed by atoms with Crippen molar-refractivity contribution in [2.24, 2.45) is 5.41 Å². The van der Waals surface area contributed by atoms with Crippen molar-refractivity contribution >= 4 is 35.6 Å². The number of rotatable bonds is 3. The van der Waals surface area contributed by atoms with Gasteiger partial charge in [-0.15, -0.1) is 0 Å². The van der Waals surface area contributed by atoms with E-state index in [4.69, 9.17) is 15.3 Å². The monoisotopic (exact) mass is 322 g/mol. The zero-order valence-electron chi connectivity index (χ0n) is 15.0. The van der Waals surface area contributed by atoms with Crippen LogP contribution in [0.4, 0.5) is 0 Å². The zero-order chi connectivity index (χ0) is 19.8. The molecule has 0 fully saturated rings. The molecule has 0 saturated heterocycles. The Morgan fingerprint density at radius 3 is 1.26 bits per heavy atom. The van der Waals surface area contributed by atoms with Crippen LogP contribution >= 0.6 is 0 Å². The van der Waals surface area contributed by atoms with Gasteiger partial charge in [-0.05, 0) is 12.3 Å². The third-order valence-electron chi connectivity index (χ3n) is 1.70. The summed E-state index contributed by atoms with van der Waals surface area (Å²) in [7, 11) is 0. The van der Waals surface area contributed by atoms with Crippen molar-refractivity contribution in [1.82, 2.24) is 0 Å². The summed E-state index contributed by atoms with van der Waals surface area (Å²) in [6.45, 7) is 18.6. The van der Waals surface area contributed by atoms with Crippen molar-refractivity contribution in [3.63, 3.8) is 0 Å². The minimum absolute atomic E-state index is 0.176. The fraction of sp³-hybridized carbons (Fsp3) is 0.438.